The average Bonchev–Trinajstić information content (AvgIpc) is 2.66. The minimum absolute atomic E-state index is 0.277. The molecule has 0 saturated carbocycles. The van der Waals surface area contributed by atoms with Crippen molar-refractivity contribution in [3.05, 3.63) is 29.0 Å². The molecule has 1 aliphatic heterocycles. The van der Waals surface area contributed by atoms with Crippen LogP contribution in [-0.2, 0) is 0 Å². The number of benzene rings is 1. The lowest BCUT2D eigenvalue weighted by Crippen LogP contribution is -2.46. The summed E-state index contributed by atoms with van der Waals surface area (Å²) in [6.07, 6.45) is 1.21. The average molecular weight is 340 g/mol. The summed E-state index contributed by atoms with van der Waals surface area (Å²) in [6, 6.07) is 5.37. The van der Waals surface area contributed by atoms with Crippen molar-refractivity contribution in [2.75, 3.05) is 21.3 Å². The Bertz CT molecular complexity index is 617. The third kappa shape index (κ3) is 3.15. The lowest BCUT2D eigenvalue weighted by molar-refractivity contribution is -0.522. The molecule has 2 rings (SSSR count). The van der Waals surface area contributed by atoms with Gasteiger partial charge in [0, 0.05) is 12.6 Å². The maximum absolute atomic E-state index is 12.6. The molecule has 1 atom stereocenters. The molecule has 0 spiro atoms. The Labute approximate surface area is 140 Å². The highest BCUT2D eigenvalue weighted by Gasteiger charge is 2.48. The fraction of sp³-hybridized carbons (Fsp3) is 0.467. The van der Waals surface area contributed by atoms with Crippen LogP contribution in [0.15, 0.2) is 18.2 Å². The van der Waals surface area contributed by atoms with Crippen molar-refractivity contribution in [1.29, 1.82) is 0 Å². The van der Waals surface area contributed by atoms with Crippen LogP contribution in [-0.4, -0.2) is 52.4 Å². The van der Waals surface area contributed by atoms with Crippen molar-refractivity contribution in [3.63, 3.8) is 0 Å². The monoisotopic (exact) mass is 340 g/mol. The SMILES string of the molecule is COc1ccc(/C=[N+](\[O-])[C@@H]2N(C)C(=S)SC2(C)C)cc1OC. The molecule has 1 aromatic rings. The highest BCUT2D eigenvalue weighted by atomic mass is 32.2. The Hall–Kier alpha value is -1.47. The first-order valence-corrected chi connectivity index (χ1v) is 8.01. The summed E-state index contributed by atoms with van der Waals surface area (Å²) in [5.74, 6) is 1.22. The normalized spacial score (nSPS) is 21.1. The molecule has 0 bridgehead atoms. The Kier molecular flexibility index (Phi) is 4.87. The van der Waals surface area contributed by atoms with Gasteiger partial charge in [0.05, 0.1) is 14.2 Å². The summed E-state index contributed by atoms with van der Waals surface area (Å²) in [7, 11) is 5.00. The van der Waals surface area contributed by atoms with Crippen molar-refractivity contribution >= 4 is 34.5 Å². The van der Waals surface area contributed by atoms with Gasteiger partial charge in [-0.1, -0.05) is 24.0 Å². The number of ether oxygens (including phenoxy) is 2. The first-order valence-electron chi connectivity index (χ1n) is 6.78. The molecule has 0 aliphatic carbocycles. The molecular weight excluding hydrogens is 320 g/mol. The predicted octanol–water partition coefficient (Wildman–Crippen LogP) is 2.70. The van der Waals surface area contributed by atoms with E-state index < -0.39 is 0 Å². The van der Waals surface area contributed by atoms with Crippen molar-refractivity contribution in [2.45, 2.75) is 24.8 Å². The largest absolute Gasteiger partial charge is 0.622 e. The summed E-state index contributed by atoms with van der Waals surface area (Å²) in [4.78, 5) is 1.84. The molecule has 0 amide bonds. The van der Waals surface area contributed by atoms with E-state index in [9.17, 15) is 5.21 Å². The third-order valence-corrected chi connectivity index (χ3v) is 5.29. The Morgan fingerprint density at radius 3 is 2.45 bits per heavy atom. The maximum Gasteiger partial charge on any atom is 0.254 e. The molecule has 1 heterocycles. The minimum atomic E-state index is -0.349. The van der Waals surface area contributed by atoms with E-state index in [0.717, 1.165) is 14.6 Å². The van der Waals surface area contributed by atoms with Crippen molar-refractivity contribution < 1.29 is 14.2 Å². The molecule has 22 heavy (non-hydrogen) atoms. The first-order chi connectivity index (χ1) is 10.3. The van der Waals surface area contributed by atoms with Crippen LogP contribution >= 0.6 is 24.0 Å². The molecule has 0 N–H and O–H groups in total. The summed E-state index contributed by atoms with van der Waals surface area (Å²) >= 11 is 6.84. The van der Waals surface area contributed by atoms with Gasteiger partial charge >= 0.3 is 0 Å². The molecule has 0 aromatic heterocycles. The molecule has 5 nitrogen and oxygen atoms in total. The van der Waals surface area contributed by atoms with Gasteiger partial charge in [0.2, 0.25) is 0 Å². The molecule has 1 fully saturated rings. The van der Waals surface area contributed by atoms with Crippen LogP contribution in [0, 0.1) is 5.21 Å². The Morgan fingerprint density at radius 2 is 1.95 bits per heavy atom. The van der Waals surface area contributed by atoms with E-state index in [1.165, 1.54) is 0 Å². The van der Waals surface area contributed by atoms with Crippen LogP contribution in [0.2, 0.25) is 0 Å². The summed E-state index contributed by atoms with van der Waals surface area (Å²) in [5, 5.41) is 12.6. The number of thiocarbonyl (C=S) groups is 1. The number of rotatable bonds is 4. The zero-order valence-corrected chi connectivity index (χ0v) is 15.0. The molecule has 7 heteroatoms. The Balaban J connectivity index is 2.34. The lowest BCUT2D eigenvalue weighted by atomic mass is 10.1. The highest BCUT2D eigenvalue weighted by Crippen LogP contribution is 2.40. The second-order valence-electron chi connectivity index (χ2n) is 5.56. The number of nitrogens with zero attached hydrogens (tertiary/aromatic N) is 2. The van der Waals surface area contributed by atoms with E-state index in [2.05, 4.69) is 0 Å². The fourth-order valence-corrected chi connectivity index (χ4v) is 4.35. The van der Waals surface area contributed by atoms with E-state index in [1.54, 1.807) is 44.3 Å². The van der Waals surface area contributed by atoms with Crippen molar-refractivity contribution in [3.8, 4) is 11.5 Å². The zero-order chi connectivity index (χ0) is 16.5. The van der Waals surface area contributed by atoms with Gasteiger partial charge in [-0.2, -0.15) is 4.74 Å². The molecule has 1 saturated heterocycles. The van der Waals surface area contributed by atoms with Gasteiger partial charge in [-0.05, 0) is 32.0 Å². The quantitative estimate of drug-likeness (QED) is 0.276. The lowest BCUT2D eigenvalue weighted by Gasteiger charge is -2.27. The van der Waals surface area contributed by atoms with Gasteiger partial charge < -0.3 is 19.6 Å². The number of hydroxylamine groups is 1. The number of hydrogen-bond acceptors (Lipinski definition) is 5. The predicted molar refractivity (Wildman–Crippen MR) is 94.2 cm³/mol. The summed E-state index contributed by atoms with van der Waals surface area (Å²) in [5.41, 5.74) is 0.750. The van der Waals surface area contributed by atoms with E-state index in [0.29, 0.717) is 11.5 Å². The van der Waals surface area contributed by atoms with Gasteiger partial charge in [-0.15, -0.1) is 0 Å². The van der Waals surface area contributed by atoms with Crippen LogP contribution in [0.3, 0.4) is 0 Å². The van der Waals surface area contributed by atoms with E-state index >= 15 is 0 Å². The van der Waals surface area contributed by atoms with Crippen LogP contribution in [0.1, 0.15) is 19.4 Å². The molecule has 1 aliphatic rings. The van der Waals surface area contributed by atoms with Gasteiger partial charge in [0.25, 0.3) is 6.17 Å². The van der Waals surface area contributed by atoms with E-state index in [4.69, 9.17) is 21.7 Å². The topological polar surface area (TPSA) is 47.8 Å². The molecule has 0 radical (unpaired) electrons. The van der Waals surface area contributed by atoms with Crippen molar-refractivity contribution in [1.82, 2.24) is 4.90 Å². The molecule has 0 unspecified atom stereocenters. The zero-order valence-electron chi connectivity index (χ0n) is 13.3. The Morgan fingerprint density at radius 1 is 1.32 bits per heavy atom. The van der Waals surface area contributed by atoms with E-state index in [-0.39, 0.29) is 10.9 Å². The number of methoxy groups -OCH3 is 2. The van der Waals surface area contributed by atoms with Gasteiger partial charge in [-0.3, -0.25) is 0 Å². The van der Waals surface area contributed by atoms with Crippen LogP contribution < -0.4 is 9.47 Å². The van der Waals surface area contributed by atoms with Crippen LogP contribution in [0.5, 0.6) is 11.5 Å². The number of hydrogen-bond donors (Lipinski definition) is 0. The third-order valence-electron chi connectivity index (χ3n) is 3.55. The second-order valence-corrected chi connectivity index (χ2v) is 7.85. The van der Waals surface area contributed by atoms with E-state index in [1.807, 2.05) is 31.9 Å². The van der Waals surface area contributed by atoms with Crippen LogP contribution in [0.4, 0.5) is 0 Å². The maximum atomic E-state index is 12.6. The summed E-state index contributed by atoms with van der Waals surface area (Å²) in [6.45, 7) is 4.04. The summed E-state index contributed by atoms with van der Waals surface area (Å²) < 4.78 is 11.9. The smallest absolute Gasteiger partial charge is 0.254 e. The molecule has 1 aromatic carbocycles. The first kappa shape index (κ1) is 16.9. The van der Waals surface area contributed by atoms with Gasteiger partial charge in [0.1, 0.15) is 9.07 Å². The van der Waals surface area contributed by atoms with Crippen LogP contribution in [0.25, 0.3) is 0 Å². The highest BCUT2D eigenvalue weighted by molar-refractivity contribution is 8.24. The molecular formula is C15H20N2O3S2. The standard InChI is InChI=1S/C15H20N2O3S2/c1-15(2)13(16(3)14(21)22-15)17(18)9-10-6-7-11(19-4)12(8-10)20-5/h6-9,13H,1-5H3/b17-9-/t13-/m0/s1. The number of thioether (sulfide) groups is 1. The molecule has 120 valence electrons. The second kappa shape index (κ2) is 6.34. The van der Waals surface area contributed by atoms with Gasteiger partial charge in [0.15, 0.2) is 17.7 Å². The fourth-order valence-electron chi connectivity index (χ4n) is 2.54. The van der Waals surface area contributed by atoms with Gasteiger partial charge in [-0.25, -0.2) is 0 Å². The van der Waals surface area contributed by atoms with Crippen molar-refractivity contribution in [2.24, 2.45) is 0 Å². The minimum Gasteiger partial charge on any atom is -0.622 e.